The zero-order chi connectivity index (χ0) is 44.6. The second-order valence-corrected chi connectivity index (χ2v) is 18.5. The summed E-state index contributed by atoms with van der Waals surface area (Å²) in [6.45, 7) is 3.69. The smallest absolute Gasteiger partial charge is 0.462 e. The number of phosphoric ester groups is 1. The molecule has 0 aliphatic carbocycles. The van der Waals surface area contributed by atoms with Crippen molar-refractivity contribution in [2.24, 2.45) is 5.73 Å². The molecule has 0 spiro atoms. The molecule has 9 nitrogen and oxygen atoms in total. The predicted octanol–water partition coefficient (Wildman–Crippen LogP) is 15.3. The fourth-order valence-electron chi connectivity index (χ4n) is 7.21. The van der Waals surface area contributed by atoms with Crippen molar-refractivity contribution < 1.29 is 37.6 Å². The van der Waals surface area contributed by atoms with Gasteiger partial charge in [-0.05, 0) is 57.8 Å². The lowest BCUT2D eigenvalue weighted by atomic mass is 10.0. The maximum atomic E-state index is 12.6. The Hall–Kier alpha value is -1.77. The molecule has 61 heavy (non-hydrogen) atoms. The van der Waals surface area contributed by atoms with Crippen LogP contribution >= 0.6 is 7.82 Å². The van der Waals surface area contributed by atoms with Crippen LogP contribution in [0, 0.1) is 0 Å². The van der Waals surface area contributed by atoms with Gasteiger partial charge in [-0.3, -0.25) is 18.6 Å². The molecule has 0 aliphatic rings. The van der Waals surface area contributed by atoms with Crippen molar-refractivity contribution in [1.29, 1.82) is 0 Å². The summed E-state index contributed by atoms with van der Waals surface area (Å²) in [4.78, 5) is 35.0. The number of esters is 2. The molecule has 0 heterocycles. The Balaban J connectivity index is 4.09. The highest BCUT2D eigenvalue weighted by atomic mass is 31.2. The molecule has 0 aromatic carbocycles. The molecule has 0 saturated carbocycles. The second kappa shape index (κ2) is 47.7. The van der Waals surface area contributed by atoms with Gasteiger partial charge in [-0.2, -0.15) is 0 Å². The molecule has 0 amide bonds. The molecular formula is C51H96NO8P. The van der Waals surface area contributed by atoms with Gasteiger partial charge in [-0.25, -0.2) is 4.57 Å². The highest BCUT2D eigenvalue weighted by Crippen LogP contribution is 2.43. The van der Waals surface area contributed by atoms with Gasteiger partial charge in [0.15, 0.2) is 6.10 Å². The SMILES string of the molecule is CCCCCCCCCCC/C=C/C/C=C/CCCC(=O)O[C@@H](COC(=O)CCC/C=C/CCCCCCCCCCCCCCCCCCCC)COP(=O)(O)OCCN. The normalized spacial score (nSPS) is 13.4. The van der Waals surface area contributed by atoms with Crippen molar-refractivity contribution in [2.45, 2.75) is 251 Å². The first kappa shape index (κ1) is 59.2. The summed E-state index contributed by atoms with van der Waals surface area (Å²) in [5, 5.41) is 0. The lowest BCUT2D eigenvalue weighted by Gasteiger charge is -2.19. The molecule has 0 fully saturated rings. The number of phosphoric acid groups is 1. The zero-order valence-electron chi connectivity index (χ0n) is 39.7. The molecule has 0 aromatic heterocycles. The summed E-state index contributed by atoms with van der Waals surface area (Å²) in [7, 11) is -4.40. The maximum Gasteiger partial charge on any atom is 0.472 e. The van der Waals surface area contributed by atoms with E-state index in [0.717, 1.165) is 32.1 Å². The number of nitrogens with two attached hydrogens (primary N) is 1. The number of hydrogen-bond donors (Lipinski definition) is 2. The van der Waals surface area contributed by atoms with E-state index in [-0.39, 0.29) is 32.6 Å². The second-order valence-electron chi connectivity index (χ2n) is 17.0. The van der Waals surface area contributed by atoms with Crippen LogP contribution in [0.4, 0.5) is 0 Å². The predicted molar refractivity (Wildman–Crippen MR) is 257 cm³/mol. The molecule has 2 atom stereocenters. The van der Waals surface area contributed by atoms with E-state index >= 15 is 0 Å². The molecule has 0 rings (SSSR count). The van der Waals surface area contributed by atoms with Crippen LogP contribution in [0.25, 0.3) is 0 Å². The van der Waals surface area contributed by atoms with Crippen LogP contribution in [0.1, 0.15) is 245 Å². The average molecular weight is 882 g/mol. The van der Waals surface area contributed by atoms with E-state index in [2.05, 4.69) is 50.3 Å². The number of carbonyl (C=O) groups is 2. The van der Waals surface area contributed by atoms with E-state index in [1.165, 1.54) is 173 Å². The Labute approximate surface area is 375 Å². The van der Waals surface area contributed by atoms with Crippen molar-refractivity contribution in [3.63, 3.8) is 0 Å². The molecule has 0 saturated heterocycles. The molecular weight excluding hydrogens is 786 g/mol. The third-order valence-electron chi connectivity index (χ3n) is 11.0. The van der Waals surface area contributed by atoms with Crippen LogP contribution in [0.15, 0.2) is 36.5 Å². The number of allylic oxidation sites excluding steroid dienone is 6. The maximum absolute atomic E-state index is 12.6. The van der Waals surface area contributed by atoms with Gasteiger partial charge >= 0.3 is 19.8 Å². The van der Waals surface area contributed by atoms with Gasteiger partial charge in [0, 0.05) is 19.4 Å². The first-order valence-electron chi connectivity index (χ1n) is 25.5. The summed E-state index contributed by atoms with van der Waals surface area (Å²) >= 11 is 0. The van der Waals surface area contributed by atoms with Crippen molar-refractivity contribution >= 4 is 19.8 Å². The summed E-state index contributed by atoms with van der Waals surface area (Å²) in [5.41, 5.74) is 5.36. The Morgan fingerprint density at radius 2 is 0.852 bits per heavy atom. The van der Waals surface area contributed by atoms with Crippen LogP contribution in [-0.2, 0) is 32.7 Å². The number of ether oxygens (including phenoxy) is 2. The highest BCUT2D eigenvalue weighted by Gasteiger charge is 2.26. The van der Waals surface area contributed by atoms with E-state index in [4.69, 9.17) is 24.3 Å². The van der Waals surface area contributed by atoms with E-state index in [1.807, 2.05) is 0 Å². The largest absolute Gasteiger partial charge is 0.472 e. The molecule has 0 radical (unpaired) electrons. The monoisotopic (exact) mass is 882 g/mol. The molecule has 10 heteroatoms. The summed E-state index contributed by atoms with van der Waals surface area (Å²) < 4.78 is 32.8. The molecule has 0 bridgehead atoms. The van der Waals surface area contributed by atoms with Gasteiger partial charge in [0.25, 0.3) is 0 Å². The van der Waals surface area contributed by atoms with Crippen LogP contribution < -0.4 is 5.73 Å². The molecule has 0 aromatic rings. The van der Waals surface area contributed by atoms with Crippen molar-refractivity contribution in [3.8, 4) is 0 Å². The minimum atomic E-state index is -4.40. The van der Waals surface area contributed by atoms with Gasteiger partial charge in [-0.15, -0.1) is 0 Å². The quantitative estimate of drug-likeness (QED) is 0.0265. The van der Waals surface area contributed by atoms with Crippen molar-refractivity contribution in [3.05, 3.63) is 36.5 Å². The number of rotatable bonds is 48. The van der Waals surface area contributed by atoms with Crippen LogP contribution in [0.5, 0.6) is 0 Å². The highest BCUT2D eigenvalue weighted by molar-refractivity contribution is 7.47. The third-order valence-corrected chi connectivity index (χ3v) is 12.0. The van der Waals surface area contributed by atoms with Gasteiger partial charge in [0.1, 0.15) is 6.61 Å². The summed E-state index contributed by atoms with van der Waals surface area (Å²) in [5.74, 6) is -0.911. The van der Waals surface area contributed by atoms with Crippen LogP contribution in [0.3, 0.4) is 0 Å². The Morgan fingerprint density at radius 1 is 0.492 bits per heavy atom. The fraction of sp³-hybridized carbons (Fsp3) is 0.843. The van der Waals surface area contributed by atoms with Gasteiger partial charge in [-0.1, -0.05) is 211 Å². The van der Waals surface area contributed by atoms with Gasteiger partial charge in [0.05, 0.1) is 13.2 Å². The van der Waals surface area contributed by atoms with E-state index in [9.17, 15) is 19.0 Å². The third kappa shape index (κ3) is 47.5. The van der Waals surface area contributed by atoms with Crippen LogP contribution in [-0.4, -0.2) is 49.3 Å². The van der Waals surface area contributed by atoms with Gasteiger partial charge in [0.2, 0.25) is 0 Å². The molecule has 3 N–H and O–H groups in total. The first-order chi connectivity index (χ1) is 29.8. The van der Waals surface area contributed by atoms with E-state index < -0.39 is 32.5 Å². The number of unbranched alkanes of at least 4 members (excludes halogenated alkanes) is 29. The summed E-state index contributed by atoms with van der Waals surface area (Å²) in [6.07, 6.45) is 55.0. The molecule has 358 valence electrons. The molecule has 0 aliphatic heterocycles. The topological polar surface area (TPSA) is 134 Å². The molecule has 1 unspecified atom stereocenters. The zero-order valence-corrected chi connectivity index (χ0v) is 40.5. The number of carbonyl (C=O) groups excluding carboxylic acids is 2. The Kier molecular flexibility index (Phi) is 46.3. The van der Waals surface area contributed by atoms with Crippen molar-refractivity contribution in [2.75, 3.05) is 26.4 Å². The lowest BCUT2D eigenvalue weighted by Crippen LogP contribution is -2.29. The number of hydrogen-bond acceptors (Lipinski definition) is 8. The Bertz CT molecular complexity index is 1100. The first-order valence-corrected chi connectivity index (χ1v) is 27.0. The average Bonchev–Trinajstić information content (AvgIpc) is 3.25. The van der Waals surface area contributed by atoms with Crippen LogP contribution in [0.2, 0.25) is 0 Å². The minimum absolute atomic E-state index is 0.0444. The van der Waals surface area contributed by atoms with E-state index in [0.29, 0.717) is 12.8 Å². The lowest BCUT2D eigenvalue weighted by molar-refractivity contribution is -0.161. The fourth-order valence-corrected chi connectivity index (χ4v) is 7.97. The van der Waals surface area contributed by atoms with Crippen molar-refractivity contribution in [1.82, 2.24) is 0 Å². The minimum Gasteiger partial charge on any atom is -0.462 e. The Morgan fingerprint density at radius 3 is 1.26 bits per heavy atom. The van der Waals surface area contributed by atoms with Gasteiger partial charge < -0.3 is 20.1 Å². The summed E-state index contributed by atoms with van der Waals surface area (Å²) in [6, 6.07) is 0. The van der Waals surface area contributed by atoms with E-state index in [1.54, 1.807) is 0 Å². The standard InChI is InChI=1S/C51H96NO8P/c1-3-5-7-9-11-13-15-17-19-21-22-23-24-25-26-28-29-31-33-35-37-39-41-43-50(53)57-47-49(48-59-61(55,56)58-46-45-52)60-51(54)44-42-40-38-36-34-32-30-27-20-18-16-14-12-10-8-6-4-2/h30,32,35-38,49H,3-29,31,33-34,39-48,52H2,1-2H3,(H,55,56)/b32-30+,37-35+,38-36+/t49-/m0/s1.